The van der Waals surface area contributed by atoms with Crippen molar-refractivity contribution in [2.45, 2.75) is 31.9 Å². The summed E-state index contributed by atoms with van der Waals surface area (Å²) >= 11 is 8.77. The molecule has 2 aromatic carbocycles. The second kappa shape index (κ2) is 12.5. The van der Waals surface area contributed by atoms with Crippen molar-refractivity contribution in [3.8, 4) is 5.75 Å². The molecule has 7 nitrogen and oxygen atoms in total. The second-order valence-corrected chi connectivity index (χ2v) is 10.0. The van der Waals surface area contributed by atoms with Crippen LogP contribution < -0.4 is 14.5 Å². The zero-order valence-electron chi connectivity index (χ0n) is 22.3. The van der Waals surface area contributed by atoms with E-state index < -0.39 is 56.5 Å². The van der Waals surface area contributed by atoms with E-state index in [1.807, 2.05) is 0 Å². The van der Waals surface area contributed by atoms with E-state index in [1.54, 1.807) is 6.92 Å². The van der Waals surface area contributed by atoms with Crippen molar-refractivity contribution in [3.05, 3.63) is 81.0 Å². The van der Waals surface area contributed by atoms with Gasteiger partial charge in [0.1, 0.15) is 0 Å². The first-order chi connectivity index (χ1) is 19.9. The van der Waals surface area contributed by atoms with Crippen molar-refractivity contribution in [1.29, 1.82) is 0 Å². The number of anilines is 2. The van der Waals surface area contributed by atoms with E-state index in [-0.39, 0.29) is 41.2 Å². The van der Waals surface area contributed by atoms with Gasteiger partial charge in [-0.15, -0.1) is 0 Å². The number of nitrogens with zero attached hydrogens (tertiary/aromatic N) is 3. The van der Waals surface area contributed by atoms with Crippen LogP contribution in [0.4, 0.5) is 42.1 Å². The highest BCUT2D eigenvalue weighted by Gasteiger charge is 2.73. The molecule has 0 spiro atoms. The number of aromatic nitrogens is 1. The fourth-order valence-electron chi connectivity index (χ4n) is 4.18. The number of hydrogen-bond donors (Lipinski definition) is 0. The molecular weight excluding hydrogens is 679 g/mol. The van der Waals surface area contributed by atoms with E-state index in [2.05, 4.69) is 20.9 Å². The molecule has 0 fully saturated rings. The molecule has 0 aliphatic carbocycles. The van der Waals surface area contributed by atoms with Gasteiger partial charge in [-0.05, 0) is 59.3 Å². The van der Waals surface area contributed by atoms with Crippen LogP contribution in [-0.4, -0.2) is 48.7 Å². The minimum Gasteiger partial charge on any atom is -0.494 e. The van der Waals surface area contributed by atoms with Gasteiger partial charge in [-0.25, -0.2) is 9.29 Å². The van der Waals surface area contributed by atoms with Crippen molar-refractivity contribution in [2.24, 2.45) is 0 Å². The number of rotatable bonds is 7. The van der Waals surface area contributed by atoms with Gasteiger partial charge in [0.2, 0.25) is 5.91 Å². The van der Waals surface area contributed by atoms with Crippen molar-refractivity contribution >= 4 is 56.6 Å². The molecule has 43 heavy (non-hydrogen) atoms. The molecule has 0 N–H and O–H groups in total. The lowest BCUT2D eigenvalue weighted by Crippen LogP contribution is -2.50. The first-order valence-corrected chi connectivity index (χ1v) is 13.1. The molecule has 1 aromatic heterocycles. The van der Waals surface area contributed by atoms with E-state index in [1.165, 1.54) is 54.7 Å². The highest BCUT2D eigenvalue weighted by atomic mass is 79.9. The van der Waals surface area contributed by atoms with Gasteiger partial charge >= 0.3 is 18.0 Å². The fourth-order valence-corrected chi connectivity index (χ4v) is 5.24. The van der Waals surface area contributed by atoms with Crippen molar-refractivity contribution in [1.82, 2.24) is 4.98 Å². The lowest BCUT2D eigenvalue weighted by atomic mass is 9.93. The van der Waals surface area contributed by atoms with Crippen LogP contribution in [0.15, 0.2) is 59.3 Å². The van der Waals surface area contributed by atoms with Crippen molar-refractivity contribution < 1.29 is 49.9 Å². The standard InChI is InChI=1S/C27H20BrClF7N3O4/c1-4-38(23(41)15-8-10-37-11-9-15)20-7-5-6-17(22(20)43-3)24(42)39(14(2)40)21-18(28)12-16(13-19(21)29)25(30,26(31,32)33)27(34,35)36/h5-13H,4H2,1-3H3. The Morgan fingerprint density at radius 1 is 0.953 bits per heavy atom. The van der Waals surface area contributed by atoms with Gasteiger partial charge in [0.05, 0.1) is 29.1 Å². The Labute approximate surface area is 253 Å². The van der Waals surface area contributed by atoms with E-state index in [0.717, 1.165) is 6.92 Å². The summed E-state index contributed by atoms with van der Waals surface area (Å²) in [4.78, 5) is 45.2. The Morgan fingerprint density at radius 2 is 1.53 bits per heavy atom. The maximum absolute atomic E-state index is 14.7. The van der Waals surface area contributed by atoms with Gasteiger partial charge in [0, 0.05) is 41.5 Å². The third-order valence-electron chi connectivity index (χ3n) is 6.15. The maximum atomic E-state index is 14.7. The lowest BCUT2D eigenvalue weighted by Gasteiger charge is -2.31. The molecule has 3 rings (SSSR count). The van der Waals surface area contributed by atoms with Gasteiger partial charge in [-0.1, -0.05) is 17.7 Å². The zero-order valence-corrected chi connectivity index (χ0v) is 24.6. The molecule has 0 saturated carbocycles. The minimum absolute atomic E-state index is 0.0334. The van der Waals surface area contributed by atoms with Crippen LogP contribution >= 0.6 is 27.5 Å². The molecule has 0 aliphatic rings. The topological polar surface area (TPSA) is 79.8 Å². The highest BCUT2D eigenvalue weighted by Crippen LogP contribution is 2.55. The van der Waals surface area contributed by atoms with Crippen LogP contribution in [0.2, 0.25) is 5.02 Å². The molecule has 0 atom stereocenters. The average molecular weight is 699 g/mol. The molecule has 230 valence electrons. The van der Waals surface area contributed by atoms with Crippen LogP contribution in [0.1, 0.15) is 40.1 Å². The quantitative estimate of drug-likeness (QED) is 0.237. The van der Waals surface area contributed by atoms with Crippen LogP contribution in [0.25, 0.3) is 0 Å². The van der Waals surface area contributed by atoms with Gasteiger partial charge in [-0.2, -0.15) is 26.3 Å². The molecule has 16 heteroatoms. The Hall–Kier alpha value is -3.72. The van der Waals surface area contributed by atoms with Crippen LogP contribution in [-0.2, 0) is 10.5 Å². The molecule has 3 aromatic rings. The van der Waals surface area contributed by atoms with Crippen LogP contribution in [0.5, 0.6) is 5.75 Å². The molecule has 0 bridgehead atoms. The normalized spacial score (nSPS) is 12.1. The highest BCUT2D eigenvalue weighted by molar-refractivity contribution is 9.10. The molecule has 0 radical (unpaired) electrons. The Bertz CT molecular complexity index is 1510. The van der Waals surface area contributed by atoms with Crippen LogP contribution in [0, 0.1) is 0 Å². The smallest absolute Gasteiger partial charge is 0.435 e. The Kier molecular flexibility index (Phi) is 9.81. The van der Waals surface area contributed by atoms with Gasteiger partial charge < -0.3 is 9.64 Å². The first-order valence-electron chi connectivity index (χ1n) is 12.0. The summed E-state index contributed by atoms with van der Waals surface area (Å²) in [6.07, 6.45) is -10.1. The third kappa shape index (κ3) is 6.18. The number of halogens is 9. The number of para-hydroxylation sites is 1. The van der Waals surface area contributed by atoms with Crippen molar-refractivity contribution in [3.63, 3.8) is 0 Å². The van der Waals surface area contributed by atoms with E-state index in [9.17, 15) is 45.1 Å². The molecule has 1 heterocycles. The van der Waals surface area contributed by atoms with E-state index in [0.29, 0.717) is 4.90 Å². The largest absolute Gasteiger partial charge is 0.494 e. The number of pyridine rings is 1. The molecule has 0 unspecified atom stereocenters. The summed E-state index contributed by atoms with van der Waals surface area (Å²) in [6.45, 7) is 2.61. The van der Waals surface area contributed by atoms with Crippen LogP contribution in [0.3, 0.4) is 0 Å². The number of ether oxygens (including phenoxy) is 1. The molecule has 3 amide bonds. The lowest BCUT2D eigenvalue weighted by molar-refractivity contribution is -0.348. The molecule has 0 saturated heterocycles. The van der Waals surface area contributed by atoms with Crippen molar-refractivity contribution in [2.75, 3.05) is 23.5 Å². The third-order valence-corrected chi connectivity index (χ3v) is 7.04. The number of benzene rings is 2. The van der Waals surface area contributed by atoms with E-state index in [4.69, 9.17) is 16.3 Å². The SMILES string of the molecule is CCN(C(=O)c1ccncc1)c1cccc(C(=O)N(C(C)=O)c2c(Cl)cc(C(F)(C(F)(F)F)C(F)(F)F)cc2Br)c1OC. The summed E-state index contributed by atoms with van der Waals surface area (Å²) in [5.41, 5.74) is -8.40. The fraction of sp³-hybridized carbons (Fsp3) is 0.259. The summed E-state index contributed by atoms with van der Waals surface area (Å²) in [5.74, 6) is -2.93. The zero-order chi connectivity index (χ0) is 32.5. The first kappa shape index (κ1) is 33.8. The predicted octanol–water partition coefficient (Wildman–Crippen LogP) is 7.66. The van der Waals surface area contributed by atoms with Gasteiger partial charge in [0.15, 0.2) is 5.75 Å². The Morgan fingerprint density at radius 3 is 2.00 bits per heavy atom. The number of carbonyl (C=O) groups excluding carboxylic acids is 3. The molecular formula is C27H20BrClF7N3O4. The number of imide groups is 1. The summed E-state index contributed by atoms with van der Waals surface area (Å²) in [6, 6.07) is 7.09. The van der Waals surface area contributed by atoms with E-state index >= 15 is 0 Å². The predicted molar refractivity (Wildman–Crippen MR) is 146 cm³/mol. The number of methoxy groups -OCH3 is 1. The number of alkyl halides is 7. The summed E-state index contributed by atoms with van der Waals surface area (Å²) in [5, 5.41) is -0.985. The number of amides is 3. The van der Waals surface area contributed by atoms with Gasteiger partial charge in [-0.3, -0.25) is 19.4 Å². The maximum Gasteiger partial charge on any atom is 0.435 e. The molecule has 0 aliphatic heterocycles. The Balaban J connectivity index is 2.18. The monoisotopic (exact) mass is 697 g/mol. The average Bonchev–Trinajstić information content (AvgIpc) is 2.93. The number of carbonyl (C=O) groups is 3. The second-order valence-electron chi connectivity index (χ2n) is 8.75. The van der Waals surface area contributed by atoms with Gasteiger partial charge in [0.25, 0.3) is 11.8 Å². The summed E-state index contributed by atoms with van der Waals surface area (Å²) in [7, 11) is 1.17. The minimum atomic E-state index is -6.43. The summed E-state index contributed by atoms with van der Waals surface area (Å²) < 4.78 is 99.5. The number of hydrogen-bond acceptors (Lipinski definition) is 5.